The number of aromatic nitrogens is 2. The third kappa shape index (κ3) is 4.84. The summed E-state index contributed by atoms with van der Waals surface area (Å²) < 4.78 is 29.5. The Morgan fingerprint density at radius 3 is 2.67 bits per heavy atom. The molecule has 0 atom stereocenters. The summed E-state index contributed by atoms with van der Waals surface area (Å²) in [6.45, 7) is 5.00. The van der Waals surface area contributed by atoms with Gasteiger partial charge in [-0.1, -0.05) is 0 Å². The van der Waals surface area contributed by atoms with E-state index < -0.39 is 10.0 Å². The summed E-state index contributed by atoms with van der Waals surface area (Å²) in [6, 6.07) is 0. The standard InChI is InChI=1S/C10H18N4O3S/c1-4-17-10-8(2)9(12-7-13-10)11-5-6-14-18(3,15)16/h7,14H,4-6H2,1-3H3,(H,11,12,13). The Morgan fingerprint density at radius 1 is 1.33 bits per heavy atom. The molecule has 2 N–H and O–H groups in total. The van der Waals surface area contributed by atoms with Crippen LogP contribution in [0.1, 0.15) is 12.5 Å². The average molecular weight is 274 g/mol. The molecule has 0 saturated heterocycles. The number of rotatable bonds is 7. The van der Waals surface area contributed by atoms with E-state index >= 15 is 0 Å². The molecule has 1 heterocycles. The van der Waals surface area contributed by atoms with Crippen LogP contribution in [0.2, 0.25) is 0 Å². The number of ether oxygens (including phenoxy) is 1. The molecule has 0 fully saturated rings. The molecule has 0 bridgehead atoms. The lowest BCUT2D eigenvalue weighted by Crippen LogP contribution is -2.28. The first-order valence-electron chi connectivity index (χ1n) is 5.57. The van der Waals surface area contributed by atoms with Crippen molar-refractivity contribution in [2.75, 3.05) is 31.3 Å². The molecule has 0 aliphatic carbocycles. The van der Waals surface area contributed by atoms with Crippen LogP contribution in [0.25, 0.3) is 0 Å². The van der Waals surface area contributed by atoms with E-state index in [1.165, 1.54) is 6.33 Å². The summed E-state index contributed by atoms with van der Waals surface area (Å²) >= 11 is 0. The van der Waals surface area contributed by atoms with Gasteiger partial charge in [-0.2, -0.15) is 0 Å². The molecule has 0 aliphatic rings. The summed E-state index contributed by atoms with van der Waals surface area (Å²) in [5.41, 5.74) is 0.804. The zero-order valence-corrected chi connectivity index (χ0v) is 11.5. The number of nitrogens with one attached hydrogen (secondary N) is 2. The Hall–Kier alpha value is -1.41. The topological polar surface area (TPSA) is 93.2 Å². The lowest BCUT2D eigenvalue weighted by atomic mass is 10.3. The van der Waals surface area contributed by atoms with Crippen LogP contribution < -0.4 is 14.8 Å². The van der Waals surface area contributed by atoms with E-state index in [1.807, 2.05) is 13.8 Å². The molecule has 0 unspecified atom stereocenters. The number of hydrogen-bond donors (Lipinski definition) is 2. The van der Waals surface area contributed by atoms with Crippen molar-refractivity contribution < 1.29 is 13.2 Å². The summed E-state index contributed by atoms with van der Waals surface area (Å²) in [5.74, 6) is 1.18. The monoisotopic (exact) mass is 274 g/mol. The van der Waals surface area contributed by atoms with Crippen LogP contribution in [0, 0.1) is 6.92 Å². The van der Waals surface area contributed by atoms with Crippen molar-refractivity contribution in [3.63, 3.8) is 0 Å². The fraction of sp³-hybridized carbons (Fsp3) is 0.600. The van der Waals surface area contributed by atoms with Gasteiger partial charge in [0.2, 0.25) is 15.9 Å². The Balaban J connectivity index is 2.55. The molecule has 8 heteroatoms. The molecule has 18 heavy (non-hydrogen) atoms. The molecule has 1 rings (SSSR count). The highest BCUT2D eigenvalue weighted by Gasteiger charge is 2.07. The van der Waals surface area contributed by atoms with Gasteiger partial charge >= 0.3 is 0 Å². The normalized spacial score (nSPS) is 11.3. The largest absolute Gasteiger partial charge is 0.478 e. The summed E-state index contributed by atoms with van der Waals surface area (Å²) in [7, 11) is -3.15. The van der Waals surface area contributed by atoms with Gasteiger partial charge in [-0.05, 0) is 13.8 Å². The first-order valence-corrected chi connectivity index (χ1v) is 7.46. The highest BCUT2D eigenvalue weighted by atomic mass is 32.2. The molecule has 0 amide bonds. The quantitative estimate of drug-likeness (QED) is 0.687. The van der Waals surface area contributed by atoms with E-state index in [2.05, 4.69) is 20.0 Å². The second-order valence-electron chi connectivity index (χ2n) is 3.68. The van der Waals surface area contributed by atoms with Crippen molar-refractivity contribution in [2.24, 2.45) is 0 Å². The first kappa shape index (κ1) is 14.7. The number of hydrogen-bond acceptors (Lipinski definition) is 6. The summed E-state index contributed by atoms with van der Waals surface area (Å²) in [5, 5.41) is 3.03. The highest BCUT2D eigenvalue weighted by Crippen LogP contribution is 2.19. The zero-order valence-electron chi connectivity index (χ0n) is 10.7. The van der Waals surface area contributed by atoms with Gasteiger partial charge in [-0.25, -0.2) is 23.1 Å². The Morgan fingerprint density at radius 2 is 2.06 bits per heavy atom. The molecule has 0 spiro atoms. The van der Waals surface area contributed by atoms with E-state index in [1.54, 1.807) is 0 Å². The van der Waals surface area contributed by atoms with E-state index in [0.717, 1.165) is 11.8 Å². The van der Waals surface area contributed by atoms with Gasteiger partial charge in [-0.15, -0.1) is 0 Å². The molecular formula is C10H18N4O3S. The van der Waals surface area contributed by atoms with Crippen LogP contribution in [-0.4, -0.2) is 44.3 Å². The molecule has 102 valence electrons. The Labute approximate surface area is 107 Å². The third-order valence-electron chi connectivity index (χ3n) is 2.10. The fourth-order valence-electron chi connectivity index (χ4n) is 1.31. The third-order valence-corrected chi connectivity index (χ3v) is 2.83. The number of anilines is 1. The SMILES string of the molecule is CCOc1ncnc(NCCNS(C)(=O)=O)c1C. The van der Waals surface area contributed by atoms with Crippen molar-refractivity contribution in [2.45, 2.75) is 13.8 Å². The smallest absolute Gasteiger partial charge is 0.221 e. The lowest BCUT2D eigenvalue weighted by molar-refractivity contribution is 0.324. The zero-order chi connectivity index (χ0) is 13.6. The van der Waals surface area contributed by atoms with Gasteiger partial charge in [0.05, 0.1) is 18.4 Å². The van der Waals surface area contributed by atoms with Gasteiger partial charge in [-0.3, -0.25) is 0 Å². The van der Waals surface area contributed by atoms with Crippen molar-refractivity contribution in [1.82, 2.24) is 14.7 Å². The van der Waals surface area contributed by atoms with Gasteiger partial charge in [0.25, 0.3) is 0 Å². The van der Waals surface area contributed by atoms with Gasteiger partial charge in [0.1, 0.15) is 12.1 Å². The lowest BCUT2D eigenvalue weighted by Gasteiger charge is -2.11. The minimum Gasteiger partial charge on any atom is -0.478 e. The summed E-state index contributed by atoms with van der Waals surface area (Å²) in [6.07, 6.45) is 2.53. The Bertz CT molecular complexity index is 490. The van der Waals surface area contributed by atoms with Crippen LogP contribution in [0.5, 0.6) is 5.88 Å². The second kappa shape index (κ2) is 6.50. The first-order chi connectivity index (χ1) is 8.44. The van der Waals surface area contributed by atoms with Crippen molar-refractivity contribution in [3.8, 4) is 5.88 Å². The van der Waals surface area contributed by atoms with Crippen LogP contribution in [0.3, 0.4) is 0 Å². The van der Waals surface area contributed by atoms with Crippen LogP contribution in [-0.2, 0) is 10.0 Å². The van der Waals surface area contributed by atoms with Crippen LogP contribution in [0.15, 0.2) is 6.33 Å². The fourth-order valence-corrected chi connectivity index (χ4v) is 1.78. The number of sulfonamides is 1. The molecule has 7 nitrogen and oxygen atoms in total. The molecule has 0 saturated carbocycles. The van der Waals surface area contributed by atoms with E-state index in [9.17, 15) is 8.42 Å². The molecule has 1 aromatic heterocycles. The van der Waals surface area contributed by atoms with Crippen LogP contribution in [0.4, 0.5) is 5.82 Å². The van der Waals surface area contributed by atoms with E-state index in [4.69, 9.17) is 4.74 Å². The van der Waals surface area contributed by atoms with Crippen molar-refractivity contribution >= 4 is 15.8 Å². The molecule has 0 aromatic carbocycles. The molecule has 0 aliphatic heterocycles. The Kier molecular flexibility index (Phi) is 5.29. The van der Waals surface area contributed by atoms with Gasteiger partial charge in [0.15, 0.2) is 0 Å². The van der Waals surface area contributed by atoms with Gasteiger partial charge in [0, 0.05) is 13.1 Å². The van der Waals surface area contributed by atoms with Crippen molar-refractivity contribution in [3.05, 3.63) is 11.9 Å². The maximum Gasteiger partial charge on any atom is 0.221 e. The average Bonchev–Trinajstić information content (AvgIpc) is 2.28. The number of nitrogens with zero attached hydrogens (tertiary/aromatic N) is 2. The van der Waals surface area contributed by atoms with E-state index in [-0.39, 0.29) is 0 Å². The minimum atomic E-state index is -3.15. The van der Waals surface area contributed by atoms with Crippen molar-refractivity contribution in [1.29, 1.82) is 0 Å². The molecule has 1 aromatic rings. The van der Waals surface area contributed by atoms with E-state index in [0.29, 0.717) is 31.4 Å². The summed E-state index contributed by atoms with van der Waals surface area (Å²) in [4.78, 5) is 8.09. The van der Waals surface area contributed by atoms with Crippen LogP contribution >= 0.6 is 0 Å². The highest BCUT2D eigenvalue weighted by molar-refractivity contribution is 7.88. The molecule has 0 radical (unpaired) electrons. The van der Waals surface area contributed by atoms with Gasteiger partial charge < -0.3 is 10.1 Å². The maximum atomic E-state index is 10.9. The second-order valence-corrected chi connectivity index (χ2v) is 5.51. The maximum absolute atomic E-state index is 10.9. The predicted molar refractivity (Wildman–Crippen MR) is 69.3 cm³/mol. The predicted octanol–water partition coefficient (Wildman–Crippen LogP) is 0.145. The molecular weight excluding hydrogens is 256 g/mol. The minimum absolute atomic E-state index is 0.298.